The molecule has 3 aromatic carbocycles. The van der Waals surface area contributed by atoms with E-state index in [1.807, 2.05) is 42.5 Å². The van der Waals surface area contributed by atoms with E-state index in [-0.39, 0.29) is 18.1 Å². The van der Waals surface area contributed by atoms with Gasteiger partial charge in [0, 0.05) is 5.69 Å². The van der Waals surface area contributed by atoms with Gasteiger partial charge in [0.15, 0.2) is 6.61 Å². The Kier molecular flexibility index (Phi) is 5.80. The number of ether oxygens (including phenoxy) is 1. The van der Waals surface area contributed by atoms with Gasteiger partial charge in [0.25, 0.3) is 11.5 Å². The Balaban J connectivity index is 1.45. The molecule has 0 aliphatic rings. The van der Waals surface area contributed by atoms with Crippen LogP contribution in [0.3, 0.4) is 0 Å². The number of anilines is 1. The first kappa shape index (κ1) is 20.3. The van der Waals surface area contributed by atoms with Gasteiger partial charge in [-0.15, -0.1) is 0 Å². The fraction of sp³-hybridized carbons (Fsp3) is 0.160. The van der Waals surface area contributed by atoms with Crippen LogP contribution >= 0.6 is 0 Å². The van der Waals surface area contributed by atoms with Crippen LogP contribution in [-0.4, -0.2) is 22.1 Å². The molecule has 0 radical (unpaired) electrons. The number of nitrogens with zero attached hydrogens (tertiary/aromatic N) is 2. The topological polar surface area (TPSA) is 73.2 Å². The van der Waals surface area contributed by atoms with Gasteiger partial charge in [-0.05, 0) is 67.4 Å². The molecule has 1 amide bonds. The monoisotopic (exact) mass is 413 g/mol. The summed E-state index contributed by atoms with van der Waals surface area (Å²) in [4.78, 5) is 29.7. The normalized spacial score (nSPS) is 10.8. The molecular weight excluding hydrogens is 390 g/mol. The van der Waals surface area contributed by atoms with E-state index in [9.17, 15) is 9.59 Å². The molecule has 6 nitrogen and oxygen atoms in total. The maximum Gasteiger partial charge on any atom is 0.265 e. The van der Waals surface area contributed by atoms with Crippen LogP contribution in [0.5, 0.6) is 5.75 Å². The number of carbonyl (C=O) groups is 1. The molecule has 0 atom stereocenters. The lowest BCUT2D eigenvalue weighted by molar-refractivity contribution is -0.118. The number of fused-ring (bicyclic) bond motifs is 1. The number of para-hydroxylation sites is 1. The van der Waals surface area contributed by atoms with Crippen molar-refractivity contribution in [1.82, 2.24) is 9.55 Å². The maximum atomic E-state index is 12.9. The highest BCUT2D eigenvalue weighted by Gasteiger charge is 2.10. The van der Waals surface area contributed by atoms with Gasteiger partial charge in [-0.25, -0.2) is 4.98 Å². The number of hydrogen-bond acceptors (Lipinski definition) is 4. The van der Waals surface area contributed by atoms with Crippen molar-refractivity contribution < 1.29 is 9.53 Å². The number of aromatic nitrogens is 2. The summed E-state index contributed by atoms with van der Waals surface area (Å²) < 4.78 is 7.11. The minimum atomic E-state index is -0.256. The van der Waals surface area contributed by atoms with E-state index in [0.29, 0.717) is 33.9 Å². The Hall–Kier alpha value is -3.93. The molecule has 156 valence electrons. The lowest BCUT2D eigenvalue weighted by atomic mass is 10.2. The molecule has 0 aliphatic heterocycles. The van der Waals surface area contributed by atoms with Crippen molar-refractivity contribution in [1.29, 1.82) is 0 Å². The number of aryl methyl sites for hydroxylation is 2. The highest BCUT2D eigenvalue weighted by Crippen LogP contribution is 2.16. The van der Waals surface area contributed by atoms with E-state index < -0.39 is 0 Å². The van der Waals surface area contributed by atoms with E-state index in [1.54, 1.807) is 41.8 Å². The van der Waals surface area contributed by atoms with E-state index in [1.165, 1.54) is 5.56 Å². The van der Waals surface area contributed by atoms with Crippen molar-refractivity contribution in [2.45, 2.75) is 20.3 Å². The molecule has 0 saturated heterocycles. The first-order valence-electron chi connectivity index (χ1n) is 10.2. The van der Waals surface area contributed by atoms with Gasteiger partial charge in [-0.2, -0.15) is 0 Å². The Morgan fingerprint density at radius 2 is 1.71 bits per heavy atom. The molecular formula is C25H23N3O3. The second-order valence-electron chi connectivity index (χ2n) is 7.20. The van der Waals surface area contributed by atoms with Crippen LogP contribution in [0.4, 0.5) is 5.69 Å². The van der Waals surface area contributed by atoms with Crippen LogP contribution in [0.15, 0.2) is 77.6 Å². The average molecular weight is 413 g/mol. The van der Waals surface area contributed by atoms with Gasteiger partial charge >= 0.3 is 0 Å². The molecule has 0 saturated carbocycles. The summed E-state index contributed by atoms with van der Waals surface area (Å²) in [5.74, 6) is 0.998. The molecule has 0 unspecified atom stereocenters. The summed E-state index contributed by atoms with van der Waals surface area (Å²) in [6, 6.07) is 22.0. The van der Waals surface area contributed by atoms with E-state index in [2.05, 4.69) is 17.2 Å². The van der Waals surface area contributed by atoms with E-state index >= 15 is 0 Å². The minimum Gasteiger partial charge on any atom is -0.484 e. The molecule has 31 heavy (non-hydrogen) atoms. The van der Waals surface area contributed by atoms with Gasteiger partial charge in [0.05, 0.1) is 16.6 Å². The van der Waals surface area contributed by atoms with Crippen LogP contribution in [0.25, 0.3) is 16.6 Å². The van der Waals surface area contributed by atoms with Crippen LogP contribution < -0.4 is 15.6 Å². The number of hydrogen-bond donors (Lipinski definition) is 1. The standard InChI is InChI=1S/C25H23N3O3/c1-3-18-8-14-21(15-9-18)31-16-24(29)27-19-10-12-20(13-11-19)28-17(2)26-23-7-5-4-6-22(23)25(28)30/h4-15H,3,16H2,1-2H3,(H,27,29). The van der Waals surface area contributed by atoms with Gasteiger partial charge in [-0.3, -0.25) is 14.2 Å². The molecule has 1 N–H and O–H groups in total. The molecule has 1 heterocycles. The molecule has 4 rings (SSSR count). The van der Waals surface area contributed by atoms with Crippen molar-refractivity contribution in [2.75, 3.05) is 11.9 Å². The maximum absolute atomic E-state index is 12.9. The zero-order valence-corrected chi connectivity index (χ0v) is 17.5. The fourth-order valence-corrected chi connectivity index (χ4v) is 3.41. The van der Waals surface area contributed by atoms with E-state index in [4.69, 9.17) is 4.74 Å². The number of amides is 1. The summed E-state index contributed by atoms with van der Waals surface area (Å²) in [7, 11) is 0. The van der Waals surface area contributed by atoms with Gasteiger partial charge < -0.3 is 10.1 Å². The SMILES string of the molecule is CCc1ccc(OCC(=O)Nc2ccc(-n3c(C)nc4ccccc4c3=O)cc2)cc1. The molecule has 1 aromatic heterocycles. The van der Waals surface area contributed by atoms with Crippen LogP contribution in [0.1, 0.15) is 18.3 Å². The van der Waals surface area contributed by atoms with Crippen LogP contribution in [-0.2, 0) is 11.2 Å². The Labute approximate surface area is 180 Å². The number of carbonyl (C=O) groups excluding carboxylic acids is 1. The second-order valence-corrected chi connectivity index (χ2v) is 7.20. The third-order valence-corrected chi connectivity index (χ3v) is 5.05. The summed E-state index contributed by atoms with van der Waals surface area (Å²) in [6.45, 7) is 3.80. The third kappa shape index (κ3) is 4.48. The molecule has 0 fully saturated rings. The zero-order chi connectivity index (χ0) is 21.8. The Morgan fingerprint density at radius 3 is 2.42 bits per heavy atom. The van der Waals surface area contributed by atoms with Gasteiger partial charge in [-0.1, -0.05) is 31.2 Å². The van der Waals surface area contributed by atoms with Gasteiger partial charge in [0.1, 0.15) is 11.6 Å². The molecule has 0 spiro atoms. The minimum absolute atomic E-state index is 0.0830. The molecule has 0 aliphatic carbocycles. The van der Waals surface area contributed by atoms with Crippen molar-refractivity contribution in [2.24, 2.45) is 0 Å². The third-order valence-electron chi connectivity index (χ3n) is 5.05. The lowest BCUT2D eigenvalue weighted by Gasteiger charge is -2.12. The highest BCUT2D eigenvalue weighted by atomic mass is 16.5. The predicted octanol–water partition coefficient (Wildman–Crippen LogP) is 4.27. The van der Waals surface area contributed by atoms with Crippen LogP contribution in [0, 0.1) is 6.92 Å². The molecule has 0 bridgehead atoms. The Morgan fingerprint density at radius 1 is 1.00 bits per heavy atom. The number of benzene rings is 3. The summed E-state index contributed by atoms with van der Waals surface area (Å²) >= 11 is 0. The summed E-state index contributed by atoms with van der Waals surface area (Å²) in [6.07, 6.45) is 0.956. The second kappa shape index (κ2) is 8.83. The van der Waals surface area contributed by atoms with Gasteiger partial charge in [0.2, 0.25) is 0 Å². The molecule has 6 heteroatoms. The quantitative estimate of drug-likeness (QED) is 0.512. The van der Waals surface area contributed by atoms with Crippen molar-refractivity contribution >= 4 is 22.5 Å². The fourth-order valence-electron chi connectivity index (χ4n) is 3.41. The van der Waals surface area contributed by atoms with E-state index in [0.717, 1.165) is 6.42 Å². The summed E-state index contributed by atoms with van der Waals surface area (Å²) in [5.41, 5.74) is 3.08. The highest BCUT2D eigenvalue weighted by molar-refractivity contribution is 5.92. The number of rotatable bonds is 6. The number of nitrogens with one attached hydrogen (secondary N) is 1. The average Bonchev–Trinajstić information content (AvgIpc) is 2.79. The molecule has 4 aromatic rings. The van der Waals surface area contributed by atoms with Crippen LogP contribution in [0.2, 0.25) is 0 Å². The summed E-state index contributed by atoms with van der Waals surface area (Å²) in [5, 5.41) is 3.37. The smallest absolute Gasteiger partial charge is 0.265 e. The van der Waals surface area contributed by atoms with Crippen molar-refractivity contribution in [3.8, 4) is 11.4 Å². The van der Waals surface area contributed by atoms with Crippen molar-refractivity contribution in [3.05, 3.63) is 94.5 Å². The first-order valence-corrected chi connectivity index (χ1v) is 10.2. The lowest BCUT2D eigenvalue weighted by Crippen LogP contribution is -2.22. The first-order chi connectivity index (χ1) is 15.0. The van der Waals surface area contributed by atoms with Crippen molar-refractivity contribution in [3.63, 3.8) is 0 Å². The zero-order valence-electron chi connectivity index (χ0n) is 17.5. The predicted molar refractivity (Wildman–Crippen MR) is 122 cm³/mol. The largest absolute Gasteiger partial charge is 0.484 e. The Bertz CT molecular complexity index is 1280.